The monoisotopic (exact) mass is 243 g/mol. The summed E-state index contributed by atoms with van der Waals surface area (Å²) in [4.78, 5) is 13.9. The van der Waals surface area contributed by atoms with E-state index in [1.165, 1.54) is 0 Å². The summed E-state index contributed by atoms with van der Waals surface area (Å²) in [6.07, 6.45) is 3.08. The van der Waals surface area contributed by atoms with Crippen LogP contribution in [0.4, 0.5) is 5.69 Å². The molecule has 1 fully saturated rings. The van der Waals surface area contributed by atoms with Crippen LogP contribution in [-0.4, -0.2) is 25.5 Å². The van der Waals surface area contributed by atoms with Crippen LogP contribution < -0.4 is 10.2 Å². The smallest absolute Gasteiger partial charge is 0.243 e. The van der Waals surface area contributed by atoms with E-state index in [2.05, 4.69) is 11.4 Å². The molecule has 1 amide bonds. The van der Waals surface area contributed by atoms with Gasteiger partial charge in [0.2, 0.25) is 5.91 Å². The fourth-order valence-corrected chi connectivity index (χ4v) is 2.28. The summed E-state index contributed by atoms with van der Waals surface area (Å²) in [5, 5.41) is 12.3. The zero-order valence-corrected chi connectivity index (χ0v) is 10.5. The molecule has 0 radical (unpaired) electrons. The molecule has 1 aliphatic heterocycles. The molecule has 4 heteroatoms. The Morgan fingerprint density at radius 1 is 1.44 bits per heavy atom. The predicted octanol–water partition coefficient (Wildman–Crippen LogP) is 1.66. The highest BCUT2D eigenvalue weighted by Gasteiger charge is 2.25. The molecule has 0 spiro atoms. The number of hydrogen-bond donors (Lipinski definition) is 1. The summed E-state index contributed by atoms with van der Waals surface area (Å²) in [6.45, 7) is 0.893. The number of carbonyl (C=O) groups is 1. The first-order valence-corrected chi connectivity index (χ1v) is 6.24. The third kappa shape index (κ3) is 2.52. The number of carbonyl (C=O) groups excluding carboxylic acids is 1. The number of nitriles is 1. The SMILES string of the molecule is CN(C(=O)[C@H]1CCCCN1)c1ccccc1C#N. The summed E-state index contributed by atoms with van der Waals surface area (Å²) in [5.74, 6) is 0.0393. The molecule has 0 saturated carbocycles. The molecule has 1 atom stereocenters. The van der Waals surface area contributed by atoms with E-state index in [-0.39, 0.29) is 11.9 Å². The van der Waals surface area contributed by atoms with Gasteiger partial charge in [-0.25, -0.2) is 0 Å². The van der Waals surface area contributed by atoms with Gasteiger partial charge in [0.25, 0.3) is 0 Å². The highest BCUT2D eigenvalue weighted by atomic mass is 16.2. The summed E-state index contributed by atoms with van der Waals surface area (Å²) in [7, 11) is 1.73. The second-order valence-corrected chi connectivity index (χ2v) is 4.53. The first-order valence-electron chi connectivity index (χ1n) is 6.24. The van der Waals surface area contributed by atoms with Crippen LogP contribution in [0.5, 0.6) is 0 Å². The maximum Gasteiger partial charge on any atom is 0.243 e. The number of nitrogens with one attached hydrogen (secondary N) is 1. The van der Waals surface area contributed by atoms with Gasteiger partial charge in [0, 0.05) is 7.05 Å². The van der Waals surface area contributed by atoms with Crippen LogP contribution in [0.3, 0.4) is 0 Å². The van der Waals surface area contributed by atoms with Gasteiger partial charge in [0.05, 0.1) is 17.3 Å². The summed E-state index contributed by atoms with van der Waals surface area (Å²) < 4.78 is 0. The lowest BCUT2D eigenvalue weighted by Gasteiger charge is -2.27. The van der Waals surface area contributed by atoms with Gasteiger partial charge in [-0.1, -0.05) is 18.6 Å². The van der Waals surface area contributed by atoms with Crippen molar-refractivity contribution in [3.63, 3.8) is 0 Å². The molecule has 2 rings (SSSR count). The Kier molecular flexibility index (Phi) is 3.96. The van der Waals surface area contributed by atoms with Crippen molar-refractivity contribution in [2.45, 2.75) is 25.3 Å². The highest BCUT2D eigenvalue weighted by Crippen LogP contribution is 2.20. The van der Waals surface area contributed by atoms with Gasteiger partial charge < -0.3 is 10.2 Å². The molecule has 0 unspecified atom stereocenters. The Morgan fingerprint density at radius 3 is 2.89 bits per heavy atom. The second kappa shape index (κ2) is 5.65. The molecule has 1 saturated heterocycles. The van der Waals surface area contributed by atoms with Gasteiger partial charge in [-0.2, -0.15) is 5.26 Å². The number of piperidine rings is 1. The van der Waals surface area contributed by atoms with Gasteiger partial charge in [-0.3, -0.25) is 4.79 Å². The molecule has 1 N–H and O–H groups in total. The van der Waals surface area contributed by atoms with Crippen LogP contribution in [0, 0.1) is 11.3 Å². The minimum Gasteiger partial charge on any atom is -0.313 e. The van der Waals surface area contributed by atoms with E-state index in [9.17, 15) is 4.79 Å². The molecule has 94 valence electrons. The van der Waals surface area contributed by atoms with E-state index >= 15 is 0 Å². The third-order valence-electron chi connectivity index (χ3n) is 3.32. The van der Waals surface area contributed by atoms with Gasteiger partial charge in [-0.15, -0.1) is 0 Å². The number of benzene rings is 1. The minimum atomic E-state index is -0.115. The number of hydrogen-bond acceptors (Lipinski definition) is 3. The number of rotatable bonds is 2. The van der Waals surface area contributed by atoms with Crippen molar-refractivity contribution in [1.82, 2.24) is 5.32 Å². The van der Waals surface area contributed by atoms with Crippen LogP contribution in [0.15, 0.2) is 24.3 Å². The number of para-hydroxylation sites is 1. The predicted molar refractivity (Wildman–Crippen MR) is 70.2 cm³/mol. The zero-order valence-electron chi connectivity index (χ0n) is 10.5. The molecule has 1 aliphatic rings. The van der Waals surface area contributed by atoms with Crippen LogP contribution in [0.25, 0.3) is 0 Å². The van der Waals surface area contributed by atoms with Crippen molar-refractivity contribution < 1.29 is 4.79 Å². The van der Waals surface area contributed by atoms with Crippen molar-refractivity contribution in [1.29, 1.82) is 5.26 Å². The maximum absolute atomic E-state index is 12.3. The Bertz CT molecular complexity index is 472. The Morgan fingerprint density at radius 2 is 2.22 bits per heavy atom. The number of likely N-dealkylation sites (N-methyl/N-ethyl adjacent to an activating group) is 1. The molecule has 0 bridgehead atoms. The summed E-state index contributed by atoms with van der Waals surface area (Å²) in [5.41, 5.74) is 1.21. The molecule has 0 aliphatic carbocycles. The van der Waals surface area contributed by atoms with E-state index in [1.807, 2.05) is 6.07 Å². The third-order valence-corrected chi connectivity index (χ3v) is 3.32. The van der Waals surface area contributed by atoms with Crippen LogP contribution in [-0.2, 0) is 4.79 Å². The van der Waals surface area contributed by atoms with Crippen LogP contribution >= 0.6 is 0 Å². The molecule has 4 nitrogen and oxygen atoms in total. The van der Waals surface area contributed by atoms with Crippen molar-refractivity contribution in [3.8, 4) is 6.07 Å². The average Bonchev–Trinajstić information content (AvgIpc) is 2.46. The summed E-state index contributed by atoms with van der Waals surface area (Å²) >= 11 is 0. The van der Waals surface area contributed by atoms with Crippen molar-refractivity contribution >= 4 is 11.6 Å². The maximum atomic E-state index is 12.3. The van der Waals surface area contributed by atoms with Gasteiger partial charge >= 0.3 is 0 Å². The molecule has 1 aromatic rings. The van der Waals surface area contributed by atoms with Gasteiger partial charge in [0.1, 0.15) is 6.07 Å². The molecule has 1 aromatic carbocycles. The normalized spacial score (nSPS) is 19.0. The number of anilines is 1. The van der Waals surface area contributed by atoms with Crippen LogP contribution in [0.1, 0.15) is 24.8 Å². The van der Waals surface area contributed by atoms with E-state index in [4.69, 9.17) is 5.26 Å². The summed E-state index contributed by atoms with van der Waals surface area (Å²) in [6, 6.07) is 9.19. The average molecular weight is 243 g/mol. The molecule has 0 aromatic heterocycles. The largest absolute Gasteiger partial charge is 0.313 e. The topological polar surface area (TPSA) is 56.1 Å². The number of nitrogens with zero attached hydrogens (tertiary/aromatic N) is 2. The van der Waals surface area contributed by atoms with Crippen LogP contribution in [0.2, 0.25) is 0 Å². The van der Waals surface area contributed by atoms with E-state index in [0.29, 0.717) is 11.3 Å². The lowest BCUT2D eigenvalue weighted by molar-refractivity contribution is -0.120. The lowest BCUT2D eigenvalue weighted by Crippen LogP contribution is -2.47. The lowest BCUT2D eigenvalue weighted by atomic mass is 10.0. The first kappa shape index (κ1) is 12.6. The Labute approximate surface area is 107 Å². The van der Waals surface area contributed by atoms with E-state index in [1.54, 1.807) is 30.1 Å². The van der Waals surface area contributed by atoms with Crippen molar-refractivity contribution in [2.24, 2.45) is 0 Å². The fourth-order valence-electron chi connectivity index (χ4n) is 2.28. The Balaban J connectivity index is 2.17. The second-order valence-electron chi connectivity index (χ2n) is 4.53. The van der Waals surface area contributed by atoms with E-state index in [0.717, 1.165) is 25.8 Å². The van der Waals surface area contributed by atoms with E-state index < -0.39 is 0 Å². The molecular formula is C14H17N3O. The zero-order chi connectivity index (χ0) is 13.0. The molecule has 1 heterocycles. The van der Waals surface area contributed by atoms with Gasteiger partial charge in [0.15, 0.2) is 0 Å². The number of amides is 1. The first-order chi connectivity index (χ1) is 8.74. The van der Waals surface area contributed by atoms with Crippen molar-refractivity contribution in [3.05, 3.63) is 29.8 Å². The molecule has 18 heavy (non-hydrogen) atoms. The van der Waals surface area contributed by atoms with Crippen molar-refractivity contribution in [2.75, 3.05) is 18.5 Å². The quantitative estimate of drug-likeness (QED) is 0.859. The minimum absolute atomic E-state index is 0.0393. The highest BCUT2D eigenvalue weighted by molar-refractivity contribution is 5.97. The van der Waals surface area contributed by atoms with Gasteiger partial charge in [-0.05, 0) is 31.5 Å². The standard InChI is InChI=1S/C14H17N3O/c1-17(13-8-3-2-6-11(13)10-15)14(18)12-7-4-5-9-16-12/h2-3,6,8,12,16H,4-5,7,9H2,1H3/t12-/m1/s1. The molecular weight excluding hydrogens is 226 g/mol. The fraction of sp³-hybridized carbons (Fsp3) is 0.429. The Hall–Kier alpha value is -1.86.